The Labute approximate surface area is 109 Å². The lowest BCUT2D eigenvalue weighted by atomic mass is 10.1. The highest BCUT2D eigenvalue weighted by Gasteiger charge is 2.29. The molecule has 2 aromatic rings. The zero-order chi connectivity index (χ0) is 13.4. The molecular formula is C13H12N2O4. The molecule has 3 rings (SSSR count). The second kappa shape index (κ2) is 4.31. The number of imidazole rings is 1. The lowest BCUT2D eigenvalue weighted by Crippen LogP contribution is -2.24. The van der Waals surface area contributed by atoms with Crippen molar-refractivity contribution < 1.29 is 19.4 Å². The predicted molar refractivity (Wildman–Crippen MR) is 65.5 cm³/mol. The summed E-state index contributed by atoms with van der Waals surface area (Å²) in [5.74, 6) is 0.168. The molecule has 0 aliphatic carbocycles. The molecule has 1 aliphatic heterocycles. The largest absolute Gasteiger partial charge is 0.478 e. The number of ether oxygens (including phenoxy) is 2. The van der Waals surface area contributed by atoms with Gasteiger partial charge in [0, 0.05) is 31.9 Å². The molecule has 1 aromatic carbocycles. The monoisotopic (exact) mass is 260 g/mol. The van der Waals surface area contributed by atoms with Crippen LogP contribution < -0.4 is 9.47 Å². The summed E-state index contributed by atoms with van der Waals surface area (Å²) < 4.78 is 12.7. The van der Waals surface area contributed by atoms with Crippen molar-refractivity contribution in [2.24, 2.45) is 7.05 Å². The maximum Gasteiger partial charge on any atom is 0.345 e. The molecule has 6 nitrogen and oxygen atoms in total. The normalized spacial score (nSPS) is 16.8. The van der Waals surface area contributed by atoms with Gasteiger partial charge in [0.15, 0.2) is 6.10 Å². The van der Waals surface area contributed by atoms with Crippen molar-refractivity contribution in [2.75, 3.05) is 0 Å². The van der Waals surface area contributed by atoms with Crippen molar-refractivity contribution in [1.29, 1.82) is 0 Å². The topological polar surface area (TPSA) is 73.6 Å². The minimum atomic E-state index is -0.956. The van der Waals surface area contributed by atoms with Crippen molar-refractivity contribution in [3.05, 3.63) is 36.2 Å². The van der Waals surface area contributed by atoms with Crippen molar-refractivity contribution in [3.63, 3.8) is 0 Å². The smallest absolute Gasteiger partial charge is 0.345 e. The van der Waals surface area contributed by atoms with Crippen LogP contribution in [0, 0.1) is 0 Å². The Hall–Kier alpha value is -2.50. The van der Waals surface area contributed by atoms with E-state index in [0.29, 0.717) is 23.9 Å². The van der Waals surface area contributed by atoms with Gasteiger partial charge in [0.1, 0.15) is 11.5 Å². The van der Waals surface area contributed by atoms with Gasteiger partial charge in [-0.15, -0.1) is 0 Å². The molecule has 98 valence electrons. The molecule has 0 fully saturated rings. The summed E-state index contributed by atoms with van der Waals surface area (Å²) in [4.78, 5) is 14.9. The van der Waals surface area contributed by atoms with Gasteiger partial charge in [-0.1, -0.05) is 6.07 Å². The van der Waals surface area contributed by atoms with E-state index in [2.05, 4.69) is 4.98 Å². The molecule has 1 aromatic heterocycles. The van der Waals surface area contributed by atoms with Crippen LogP contribution in [0.5, 0.6) is 17.5 Å². The first kappa shape index (κ1) is 11.6. The molecule has 2 heterocycles. The number of carboxylic acids is 1. The van der Waals surface area contributed by atoms with E-state index in [1.165, 1.54) is 0 Å². The summed E-state index contributed by atoms with van der Waals surface area (Å²) in [7, 11) is 1.83. The van der Waals surface area contributed by atoms with Crippen LogP contribution in [0.4, 0.5) is 0 Å². The fourth-order valence-corrected chi connectivity index (χ4v) is 1.96. The zero-order valence-electron chi connectivity index (χ0n) is 10.2. The Balaban J connectivity index is 1.82. The Morgan fingerprint density at radius 3 is 3.11 bits per heavy atom. The van der Waals surface area contributed by atoms with E-state index in [0.717, 1.165) is 5.56 Å². The van der Waals surface area contributed by atoms with E-state index in [-0.39, 0.29) is 0 Å². The molecule has 0 spiro atoms. The number of carbonyl (C=O) groups is 1. The van der Waals surface area contributed by atoms with Crippen molar-refractivity contribution in [3.8, 4) is 17.5 Å². The van der Waals surface area contributed by atoms with Crippen LogP contribution in [0.1, 0.15) is 5.56 Å². The minimum absolute atomic E-state index is 0.382. The van der Waals surface area contributed by atoms with Crippen LogP contribution in [0.3, 0.4) is 0 Å². The lowest BCUT2D eigenvalue weighted by Gasteiger charge is -2.07. The quantitative estimate of drug-likeness (QED) is 0.907. The highest BCUT2D eigenvalue weighted by atomic mass is 16.5. The van der Waals surface area contributed by atoms with Crippen LogP contribution in [-0.2, 0) is 18.3 Å². The molecule has 19 heavy (non-hydrogen) atoms. The van der Waals surface area contributed by atoms with Gasteiger partial charge in [-0.05, 0) is 11.6 Å². The number of fused-ring (bicyclic) bond motifs is 1. The molecule has 6 heteroatoms. The molecule has 1 unspecified atom stereocenters. The predicted octanol–water partition coefficient (Wildman–Crippen LogP) is 1.60. The highest BCUT2D eigenvalue weighted by molar-refractivity contribution is 5.74. The van der Waals surface area contributed by atoms with E-state index >= 15 is 0 Å². The Kier molecular flexibility index (Phi) is 2.63. The van der Waals surface area contributed by atoms with E-state index in [1.807, 2.05) is 13.1 Å². The van der Waals surface area contributed by atoms with E-state index < -0.39 is 12.1 Å². The highest BCUT2D eigenvalue weighted by Crippen LogP contribution is 2.33. The third kappa shape index (κ3) is 2.12. The van der Waals surface area contributed by atoms with E-state index in [9.17, 15) is 4.79 Å². The van der Waals surface area contributed by atoms with Crippen LogP contribution in [0.15, 0.2) is 30.6 Å². The molecule has 0 saturated heterocycles. The van der Waals surface area contributed by atoms with Crippen molar-refractivity contribution in [2.45, 2.75) is 12.5 Å². The van der Waals surface area contributed by atoms with Crippen LogP contribution in [0.2, 0.25) is 0 Å². The van der Waals surface area contributed by atoms with Crippen LogP contribution in [0.25, 0.3) is 0 Å². The number of benzene rings is 1. The van der Waals surface area contributed by atoms with E-state index in [4.69, 9.17) is 14.6 Å². The SMILES string of the molecule is Cn1ccnc1Oc1ccc2c(c1)OC(C(=O)O)C2. The van der Waals surface area contributed by atoms with Gasteiger partial charge in [0.2, 0.25) is 0 Å². The molecule has 0 radical (unpaired) electrons. The average molecular weight is 260 g/mol. The zero-order valence-corrected chi connectivity index (χ0v) is 10.2. The fourth-order valence-electron chi connectivity index (χ4n) is 1.96. The number of hydrogen-bond acceptors (Lipinski definition) is 4. The first-order valence-corrected chi connectivity index (χ1v) is 5.81. The minimum Gasteiger partial charge on any atom is -0.478 e. The van der Waals surface area contributed by atoms with Crippen molar-refractivity contribution >= 4 is 5.97 Å². The third-order valence-corrected chi connectivity index (χ3v) is 2.97. The standard InChI is InChI=1S/C13H12N2O4/c1-15-5-4-14-13(15)18-9-3-2-8-6-11(12(16)17)19-10(8)7-9/h2-5,7,11H,6H2,1H3,(H,16,17). The van der Waals surface area contributed by atoms with Gasteiger partial charge in [0.05, 0.1) is 0 Å². The number of hydrogen-bond donors (Lipinski definition) is 1. The average Bonchev–Trinajstić information content (AvgIpc) is 2.96. The number of aryl methyl sites for hydroxylation is 1. The van der Waals surface area contributed by atoms with Gasteiger partial charge >= 0.3 is 12.0 Å². The first-order chi connectivity index (χ1) is 9.13. The molecule has 1 N–H and O–H groups in total. The Morgan fingerprint density at radius 1 is 1.58 bits per heavy atom. The fraction of sp³-hybridized carbons (Fsp3) is 0.231. The van der Waals surface area contributed by atoms with Crippen LogP contribution in [-0.4, -0.2) is 26.7 Å². The Morgan fingerprint density at radius 2 is 2.42 bits per heavy atom. The number of aromatic nitrogens is 2. The summed E-state index contributed by atoms with van der Waals surface area (Å²) in [6.45, 7) is 0. The number of nitrogens with zero attached hydrogens (tertiary/aromatic N) is 2. The summed E-state index contributed by atoms with van der Waals surface area (Å²) in [6.07, 6.45) is 2.99. The van der Waals surface area contributed by atoms with E-state index in [1.54, 1.807) is 29.1 Å². The number of rotatable bonds is 3. The molecule has 0 bridgehead atoms. The molecule has 0 saturated carbocycles. The van der Waals surface area contributed by atoms with Gasteiger partial charge in [0.25, 0.3) is 0 Å². The molecular weight excluding hydrogens is 248 g/mol. The lowest BCUT2D eigenvalue weighted by molar-refractivity contribution is -0.144. The Bertz CT molecular complexity index is 635. The first-order valence-electron chi connectivity index (χ1n) is 5.81. The molecule has 1 atom stereocenters. The van der Waals surface area contributed by atoms with Crippen LogP contribution >= 0.6 is 0 Å². The number of carboxylic acid groups (broad SMARTS) is 1. The van der Waals surface area contributed by atoms with Gasteiger partial charge in [-0.25, -0.2) is 9.78 Å². The maximum absolute atomic E-state index is 10.9. The summed E-state index contributed by atoms with van der Waals surface area (Å²) in [5, 5.41) is 8.93. The van der Waals surface area contributed by atoms with Gasteiger partial charge < -0.3 is 19.1 Å². The molecule has 1 aliphatic rings. The van der Waals surface area contributed by atoms with Crippen molar-refractivity contribution in [1.82, 2.24) is 9.55 Å². The molecule has 0 amide bonds. The summed E-state index contributed by atoms with van der Waals surface area (Å²) in [6, 6.07) is 5.75. The second-order valence-electron chi connectivity index (χ2n) is 4.34. The third-order valence-electron chi connectivity index (χ3n) is 2.97. The summed E-state index contributed by atoms with van der Waals surface area (Å²) in [5.41, 5.74) is 0.875. The summed E-state index contributed by atoms with van der Waals surface area (Å²) >= 11 is 0. The second-order valence-corrected chi connectivity index (χ2v) is 4.34. The number of aliphatic carboxylic acids is 1. The van der Waals surface area contributed by atoms with Gasteiger partial charge in [-0.3, -0.25) is 0 Å². The van der Waals surface area contributed by atoms with Gasteiger partial charge in [-0.2, -0.15) is 0 Å². The maximum atomic E-state index is 10.9.